The molecule has 1 aliphatic rings. The van der Waals surface area contributed by atoms with Crippen molar-refractivity contribution in [3.8, 4) is 5.75 Å². The Morgan fingerprint density at radius 1 is 1.22 bits per heavy atom. The average molecular weight is 377 g/mol. The van der Waals surface area contributed by atoms with E-state index in [2.05, 4.69) is 25.9 Å². The summed E-state index contributed by atoms with van der Waals surface area (Å²) < 4.78 is 15.8. The molecule has 7 heteroatoms. The van der Waals surface area contributed by atoms with E-state index in [1.54, 1.807) is 12.1 Å². The van der Waals surface area contributed by atoms with E-state index >= 15 is 0 Å². The summed E-state index contributed by atoms with van der Waals surface area (Å²) in [6.45, 7) is 6.14. The number of nitroso groups, excluding NO2 is 1. The largest absolute Gasteiger partial charge is 0.514 e. The second kappa shape index (κ2) is 10.0. The van der Waals surface area contributed by atoms with E-state index in [9.17, 15) is 14.5 Å². The highest BCUT2D eigenvalue weighted by Crippen LogP contribution is 2.35. The van der Waals surface area contributed by atoms with Crippen molar-refractivity contribution in [1.29, 1.82) is 0 Å². The fourth-order valence-corrected chi connectivity index (χ4v) is 3.47. The summed E-state index contributed by atoms with van der Waals surface area (Å²) in [4.78, 5) is 34.5. The number of hydrogen-bond donors (Lipinski definition) is 0. The Labute approximate surface area is 159 Å². The number of hydrogen-bond acceptors (Lipinski definition) is 7. The molecule has 1 aliphatic carbocycles. The molecule has 27 heavy (non-hydrogen) atoms. The maximum Gasteiger partial charge on any atom is 0.514 e. The molecule has 2 rings (SSSR count). The Morgan fingerprint density at radius 2 is 1.96 bits per heavy atom. The molecule has 0 aliphatic heterocycles. The minimum Gasteiger partial charge on any atom is -0.460 e. The zero-order valence-corrected chi connectivity index (χ0v) is 16.1. The molecule has 1 aromatic carbocycles. The van der Waals surface area contributed by atoms with Crippen LogP contribution in [0.25, 0.3) is 0 Å². The van der Waals surface area contributed by atoms with Crippen LogP contribution in [0.4, 0.5) is 4.79 Å². The van der Waals surface area contributed by atoms with Crippen LogP contribution in [0.5, 0.6) is 5.75 Å². The lowest BCUT2D eigenvalue weighted by atomic mass is 9.75. The molecule has 0 N–H and O–H groups in total. The monoisotopic (exact) mass is 377 g/mol. The maximum atomic E-state index is 12.3. The summed E-state index contributed by atoms with van der Waals surface area (Å²) in [5.74, 6) is 0.574. The van der Waals surface area contributed by atoms with Gasteiger partial charge < -0.3 is 14.2 Å². The molecule has 148 valence electrons. The zero-order valence-electron chi connectivity index (χ0n) is 16.1. The summed E-state index contributed by atoms with van der Waals surface area (Å²) in [6.07, 6.45) is 1.93. The van der Waals surface area contributed by atoms with Gasteiger partial charge in [0.05, 0.1) is 0 Å². The van der Waals surface area contributed by atoms with Crippen LogP contribution >= 0.6 is 0 Å². The third kappa shape index (κ3) is 6.05. The summed E-state index contributed by atoms with van der Waals surface area (Å²) in [6, 6.07) is 6.26. The summed E-state index contributed by atoms with van der Waals surface area (Å²) in [7, 11) is 0. The summed E-state index contributed by atoms with van der Waals surface area (Å²) in [5, 5.41) is 2.63. The minimum absolute atomic E-state index is 0.0662. The van der Waals surface area contributed by atoms with Crippen molar-refractivity contribution < 1.29 is 23.8 Å². The third-order valence-corrected chi connectivity index (χ3v) is 4.92. The van der Waals surface area contributed by atoms with E-state index in [0.717, 1.165) is 19.3 Å². The van der Waals surface area contributed by atoms with Gasteiger partial charge in [-0.2, -0.15) is 4.91 Å². The Hall–Kier alpha value is -2.44. The first-order valence-corrected chi connectivity index (χ1v) is 9.36. The normalized spacial score (nSPS) is 22.1. The molecule has 1 aromatic rings. The predicted molar refractivity (Wildman–Crippen MR) is 99.6 cm³/mol. The van der Waals surface area contributed by atoms with Crippen LogP contribution in [0.3, 0.4) is 0 Å². The lowest BCUT2D eigenvalue weighted by molar-refractivity contribution is -0.0138. The lowest BCUT2D eigenvalue weighted by Gasteiger charge is -2.36. The quantitative estimate of drug-likeness (QED) is 0.299. The molecule has 7 nitrogen and oxygen atoms in total. The lowest BCUT2D eigenvalue weighted by Crippen LogP contribution is -2.36. The summed E-state index contributed by atoms with van der Waals surface area (Å²) >= 11 is 0. The van der Waals surface area contributed by atoms with Crippen LogP contribution in [-0.4, -0.2) is 31.4 Å². The first kappa shape index (κ1) is 20.9. The molecule has 0 aromatic heterocycles. The van der Waals surface area contributed by atoms with E-state index in [-0.39, 0.29) is 30.6 Å². The molecule has 0 amide bonds. The van der Waals surface area contributed by atoms with Gasteiger partial charge in [0.1, 0.15) is 30.6 Å². The Bertz CT molecular complexity index is 660. The highest BCUT2D eigenvalue weighted by Gasteiger charge is 2.34. The number of rotatable bonds is 7. The van der Waals surface area contributed by atoms with Crippen molar-refractivity contribution >= 4 is 12.1 Å². The van der Waals surface area contributed by atoms with Gasteiger partial charge in [-0.15, -0.1) is 0 Å². The van der Waals surface area contributed by atoms with Crippen LogP contribution in [0.15, 0.2) is 29.4 Å². The highest BCUT2D eigenvalue weighted by molar-refractivity contribution is 5.93. The average Bonchev–Trinajstić information content (AvgIpc) is 2.62. The Kier molecular flexibility index (Phi) is 7.76. The molecule has 3 atom stereocenters. The van der Waals surface area contributed by atoms with Gasteiger partial charge in [-0.3, -0.25) is 0 Å². The van der Waals surface area contributed by atoms with Crippen LogP contribution in [0, 0.1) is 22.7 Å². The van der Waals surface area contributed by atoms with E-state index in [0.29, 0.717) is 17.8 Å². The van der Waals surface area contributed by atoms with Gasteiger partial charge >= 0.3 is 12.1 Å². The Balaban J connectivity index is 2.02. The van der Waals surface area contributed by atoms with E-state index < -0.39 is 12.1 Å². The fraction of sp³-hybridized carbons (Fsp3) is 0.600. The maximum absolute atomic E-state index is 12.3. The second-order valence-corrected chi connectivity index (χ2v) is 7.32. The van der Waals surface area contributed by atoms with Gasteiger partial charge in [-0.05, 0) is 42.7 Å². The van der Waals surface area contributed by atoms with Crippen molar-refractivity contribution in [3.05, 3.63) is 34.7 Å². The van der Waals surface area contributed by atoms with Crippen LogP contribution in [-0.2, 0) is 9.47 Å². The standard InChI is InChI=1S/C20H27NO6/c1-13(2)15-9-8-14(3)12-18(15)27-20(23)26-17-7-5-4-6-16(17)19(22)25-11-10-21-24/h4-7,13-15,18H,8-12H2,1-3H3. The van der Waals surface area contributed by atoms with Crippen LogP contribution < -0.4 is 4.74 Å². The number of benzene rings is 1. The second-order valence-electron chi connectivity index (χ2n) is 7.32. The number of carbonyl (C=O) groups is 2. The first-order valence-electron chi connectivity index (χ1n) is 9.36. The minimum atomic E-state index is -0.824. The SMILES string of the molecule is CC1CCC(C(C)C)C(OC(=O)Oc2ccccc2C(=O)OCCN=O)C1. The molecule has 0 radical (unpaired) electrons. The molecular weight excluding hydrogens is 350 g/mol. The third-order valence-electron chi connectivity index (χ3n) is 4.92. The Morgan fingerprint density at radius 3 is 2.67 bits per heavy atom. The summed E-state index contributed by atoms with van der Waals surface area (Å²) in [5.41, 5.74) is 0.0952. The molecule has 3 unspecified atom stereocenters. The van der Waals surface area contributed by atoms with Crippen molar-refractivity contribution in [1.82, 2.24) is 0 Å². The smallest absolute Gasteiger partial charge is 0.460 e. The van der Waals surface area contributed by atoms with Crippen molar-refractivity contribution in [3.63, 3.8) is 0 Å². The van der Waals surface area contributed by atoms with E-state index in [4.69, 9.17) is 14.2 Å². The molecule has 1 fully saturated rings. The number of nitrogens with zero attached hydrogens (tertiary/aromatic N) is 1. The van der Waals surface area contributed by atoms with Gasteiger partial charge in [0.25, 0.3) is 0 Å². The zero-order chi connectivity index (χ0) is 19.8. The van der Waals surface area contributed by atoms with Crippen molar-refractivity contribution in [2.45, 2.75) is 46.1 Å². The highest BCUT2D eigenvalue weighted by atomic mass is 16.7. The fourth-order valence-electron chi connectivity index (χ4n) is 3.47. The van der Waals surface area contributed by atoms with Gasteiger partial charge in [-0.25, -0.2) is 9.59 Å². The van der Waals surface area contributed by atoms with Crippen molar-refractivity contribution in [2.75, 3.05) is 13.2 Å². The first-order chi connectivity index (χ1) is 12.9. The number of esters is 1. The van der Waals surface area contributed by atoms with Gasteiger partial charge in [0, 0.05) is 0 Å². The number of ether oxygens (including phenoxy) is 3. The molecule has 0 heterocycles. The van der Waals surface area contributed by atoms with E-state index in [1.165, 1.54) is 12.1 Å². The van der Waals surface area contributed by atoms with Gasteiger partial charge in [0.2, 0.25) is 0 Å². The molecule has 1 saturated carbocycles. The topological polar surface area (TPSA) is 91.3 Å². The predicted octanol–water partition coefficient (Wildman–Crippen LogP) is 4.59. The van der Waals surface area contributed by atoms with Gasteiger partial charge in [-0.1, -0.05) is 44.5 Å². The van der Waals surface area contributed by atoms with Crippen LogP contribution in [0.2, 0.25) is 0 Å². The molecular formula is C20H27NO6. The van der Waals surface area contributed by atoms with E-state index in [1.807, 2.05) is 0 Å². The number of para-hydroxylation sites is 1. The number of carbonyl (C=O) groups excluding carboxylic acids is 2. The van der Waals surface area contributed by atoms with Crippen molar-refractivity contribution in [2.24, 2.45) is 22.9 Å². The molecule has 0 saturated heterocycles. The van der Waals surface area contributed by atoms with Crippen LogP contribution in [0.1, 0.15) is 50.4 Å². The molecule has 0 spiro atoms. The van der Waals surface area contributed by atoms with Gasteiger partial charge in [0.15, 0.2) is 0 Å². The molecule has 0 bridgehead atoms.